The normalized spacial score (nSPS) is 25.5. The van der Waals surface area contributed by atoms with Gasteiger partial charge < -0.3 is 25.4 Å². The van der Waals surface area contributed by atoms with Crippen LogP contribution >= 0.6 is 19.7 Å². The number of aliphatic hydroxyl groups excluding tert-OH is 1. The maximum absolute atomic E-state index is 12.4. The van der Waals surface area contributed by atoms with Gasteiger partial charge in [-0.05, 0) is 52.0 Å². The van der Waals surface area contributed by atoms with Crippen molar-refractivity contribution < 1.29 is 38.4 Å². The van der Waals surface area contributed by atoms with Crippen molar-refractivity contribution in [1.82, 2.24) is 24.7 Å². The van der Waals surface area contributed by atoms with Gasteiger partial charge in [0.15, 0.2) is 17.2 Å². The molecule has 1 aliphatic rings. The first kappa shape index (κ1) is 29.3. The summed E-state index contributed by atoms with van der Waals surface area (Å²) >= 11 is 5.94. The molecule has 0 aliphatic carbocycles. The zero-order valence-corrected chi connectivity index (χ0v) is 23.3. The summed E-state index contributed by atoms with van der Waals surface area (Å²) in [6, 6.07) is 5.10. The summed E-state index contributed by atoms with van der Waals surface area (Å²) in [5.74, 6) is -0.312. The van der Waals surface area contributed by atoms with E-state index in [9.17, 15) is 19.9 Å². The third-order valence-corrected chi connectivity index (χ3v) is 7.86. The predicted molar refractivity (Wildman–Crippen MR) is 140 cm³/mol. The Morgan fingerprint density at radius 3 is 2.67 bits per heavy atom. The molecule has 3 aromatic rings. The van der Waals surface area contributed by atoms with Crippen molar-refractivity contribution in [2.24, 2.45) is 0 Å². The highest BCUT2D eigenvalue weighted by atomic mass is 35.5. The monoisotopic (exact) mass is 585 g/mol. The highest BCUT2D eigenvalue weighted by molar-refractivity contribution is 7.58. The lowest BCUT2D eigenvalue weighted by Gasteiger charge is -2.26. The fourth-order valence-corrected chi connectivity index (χ4v) is 5.64. The van der Waals surface area contributed by atoms with Crippen LogP contribution in [-0.4, -0.2) is 77.2 Å². The van der Waals surface area contributed by atoms with Gasteiger partial charge in [-0.15, -0.1) is 0 Å². The van der Waals surface area contributed by atoms with Crippen LogP contribution in [0.3, 0.4) is 0 Å². The van der Waals surface area contributed by atoms with E-state index in [2.05, 4.69) is 20.2 Å². The third-order valence-electron chi connectivity index (χ3n) is 5.94. The Morgan fingerprint density at radius 1 is 1.31 bits per heavy atom. The Morgan fingerprint density at radius 2 is 2.00 bits per heavy atom. The summed E-state index contributed by atoms with van der Waals surface area (Å²) in [6.07, 6.45) is -1.43. The summed E-state index contributed by atoms with van der Waals surface area (Å²) in [5, 5.41) is 29.3. The van der Waals surface area contributed by atoms with E-state index >= 15 is 0 Å². The van der Waals surface area contributed by atoms with Crippen molar-refractivity contribution in [2.75, 3.05) is 12.3 Å². The number of halogens is 1. The lowest BCUT2D eigenvalue weighted by molar-refractivity contribution is -0.149. The van der Waals surface area contributed by atoms with Crippen molar-refractivity contribution >= 4 is 37.1 Å². The number of fused-ring (bicyclic) bond motifs is 1. The highest BCUT2D eigenvalue weighted by Crippen LogP contribution is 2.54. The van der Waals surface area contributed by atoms with E-state index in [1.807, 2.05) is 0 Å². The molecule has 14 nitrogen and oxygen atoms in total. The molecule has 0 amide bonds. The standard InChI is InChI=1S/C23H31ClN6O8P/c1-12(2)36-22(32)13(3)29-39(34,38-15-7-5-14(24)6-8-15)35-10-17-18(31)23(4,33)19(37-17)16-9-26-21-20(25)27-11-28-30(16)21/h5-9,11-13,17-19,29,31,33-34H,10H2,1-4H3,(H2,25,27,28)/q+1/t13-,17+,18+,19-,23+,39?/m0/s1. The van der Waals surface area contributed by atoms with Gasteiger partial charge in [-0.1, -0.05) is 16.7 Å². The van der Waals surface area contributed by atoms with Gasteiger partial charge in [0.1, 0.15) is 42.9 Å². The van der Waals surface area contributed by atoms with Crippen LogP contribution in [0.1, 0.15) is 39.5 Å². The van der Waals surface area contributed by atoms with E-state index in [0.717, 1.165) is 0 Å². The molecule has 1 aliphatic heterocycles. The van der Waals surface area contributed by atoms with Gasteiger partial charge in [0.2, 0.25) is 0 Å². The number of benzene rings is 1. The number of hydrogen-bond acceptors (Lipinski definition) is 13. The lowest BCUT2D eigenvalue weighted by Crippen LogP contribution is -2.44. The van der Waals surface area contributed by atoms with Gasteiger partial charge >= 0.3 is 14.1 Å². The van der Waals surface area contributed by atoms with Gasteiger partial charge in [-0.2, -0.15) is 14.5 Å². The molecular weight excluding hydrogens is 555 g/mol. The van der Waals surface area contributed by atoms with Gasteiger partial charge in [-0.25, -0.2) is 14.5 Å². The number of nitrogens with zero attached hydrogens (tertiary/aromatic N) is 4. The zero-order valence-electron chi connectivity index (χ0n) is 21.6. The molecule has 4 rings (SSSR count). The second-order valence-electron chi connectivity index (χ2n) is 9.49. The van der Waals surface area contributed by atoms with Gasteiger partial charge in [0.25, 0.3) is 0 Å². The van der Waals surface area contributed by atoms with Crippen LogP contribution in [0.4, 0.5) is 5.82 Å². The Labute approximate surface area is 229 Å². The molecule has 0 bridgehead atoms. The van der Waals surface area contributed by atoms with Crippen LogP contribution < -0.4 is 15.3 Å². The molecule has 39 heavy (non-hydrogen) atoms. The predicted octanol–water partition coefficient (Wildman–Crippen LogP) is 1.61. The Hall–Kier alpha value is -2.68. The molecule has 1 unspecified atom stereocenters. The second-order valence-corrected chi connectivity index (χ2v) is 11.7. The summed E-state index contributed by atoms with van der Waals surface area (Å²) < 4.78 is 24.0. The summed E-state index contributed by atoms with van der Waals surface area (Å²) in [6.45, 7) is 5.82. The van der Waals surface area contributed by atoms with Crippen molar-refractivity contribution in [1.29, 1.82) is 0 Å². The number of carbonyl (C=O) groups excluding carboxylic acids is 1. The number of rotatable bonds is 10. The van der Waals surface area contributed by atoms with E-state index in [1.54, 1.807) is 26.0 Å². The quantitative estimate of drug-likeness (QED) is 0.170. The number of imidazole rings is 1. The largest absolute Gasteiger partial charge is 0.544 e. The van der Waals surface area contributed by atoms with E-state index < -0.39 is 50.6 Å². The van der Waals surface area contributed by atoms with E-state index in [1.165, 1.54) is 43.0 Å². The van der Waals surface area contributed by atoms with Crippen LogP contribution in [-0.2, 0) is 18.8 Å². The molecule has 2 aromatic heterocycles. The zero-order chi connectivity index (χ0) is 28.5. The second kappa shape index (κ2) is 11.4. The lowest BCUT2D eigenvalue weighted by atomic mass is 9.91. The van der Waals surface area contributed by atoms with Crippen LogP contribution in [0.2, 0.25) is 5.02 Å². The molecular formula is C23H31ClN6O8P+. The number of ether oxygens (including phenoxy) is 2. The molecule has 212 valence electrons. The van der Waals surface area contributed by atoms with Crippen LogP contribution in [0.25, 0.3) is 5.65 Å². The van der Waals surface area contributed by atoms with E-state index in [0.29, 0.717) is 10.7 Å². The third kappa shape index (κ3) is 6.39. The summed E-state index contributed by atoms with van der Waals surface area (Å²) in [7, 11) is -4.03. The first-order chi connectivity index (χ1) is 18.3. The number of esters is 1. The minimum atomic E-state index is -4.03. The molecule has 16 heteroatoms. The fourth-order valence-electron chi connectivity index (χ4n) is 3.98. The number of nitrogen functional groups attached to an aromatic ring is 1. The molecule has 3 heterocycles. The average Bonchev–Trinajstić information content (AvgIpc) is 3.38. The maximum atomic E-state index is 12.4. The van der Waals surface area contributed by atoms with Crippen molar-refractivity contribution in [3.05, 3.63) is 47.5 Å². The number of carbonyl (C=O) groups is 1. The topological polar surface area (TPSA) is 196 Å². The average molecular weight is 586 g/mol. The SMILES string of the molecule is CC(C)OC(=O)[C@H](C)N[P+](O)(OC[C@H]1O[C@@H](c2cnc3c(N)ncnn23)[C@](C)(O)[C@@H]1O)Oc1ccc(Cl)cc1. The molecule has 1 saturated heterocycles. The van der Waals surface area contributed by atoms with Crippen molar-refractivity contribution in [2.45, 2.75) is 63.8 Å². The van der Waals surface area contributed by atoms with E-state index in [-0.39, 0.29) is 23.3 Å². The minimum absolute atomic E-state index is 0.125. The fraction of sp³-hybridized carbons (Fsp3) is 0.478. The minimum Gasteiger partial charge on any atom is -0.462 e. The smallest absolute Gasteiger partial charge is 0.462 e. The molecule has 1 aromatic carbocycles. The number of nitrogens with one attached hydrogen (secondary N) is 1. The number of aromatic nitrogens is 4. The van der Waals surface area contributed by atoms with E-state index in [4.69, 9.17) is 35.9 Å². The van der Waals surface area contributed by atoms with Gasteiger partial charge in [-0.3, -0.25) is 9.32 Å². The molecule has 6 N–H and O–H groups in total. The van der Waals surface area contributed by atoms with Gasteiger partial charge in [0, 0.05) is 5.02 Å². The highest BCUT2D eigenvalue weighted by Gasteiger charge is 2.56. The summed E-state index contributed by atoms with van der Waals surface area (Å²) in [5.41, 5.74) is 4.62. The molecule has 0 radical (unpaired) electrons. The Bertz CT molecular complexity index is 1310. The Kier molecular flexibility index (Phi) is 8.59. The maximum Gasteiger partial charge on any atom is 0.544 e. The first-order valence-electron chi connectivity index (χ1n) is 12.0. The molecule has 1 fully saturated rings. The van der Waals surface area contributed by atoms with Gasteiger partial charge in [0.05, 0.1) is 18.0 Å². The number of nitrogens with two attached hydrogens (primary N) is 1. The van der Waals surface area contributed by atoms with Crippen LogP contribution in [0.5, 0.6) is 5.75 Å². The number of anilines is 1. The van der Waals surface area contributed by atoms with Crippen molar-refractivity contribution in [3.8, 4) is 5.75 Å². The summed E-state index contributed by atoms with van der Waals surface area (Å²) in [4.78, 5) is 31.8. The van der Waals surface area contributed by atoms with Crippen LogP contribution in [0.15, 0.2) is 36.8 Å². The Balaban J connectivity index is 1.54. The molecule has 0 spiro atoms. The van der Waals surface area contributed by atoms with Crippen molar-refractivity contribution in [3.63, 3.8) is 0 Å². The number of aliphatic hydroxyl groups is 2. The van der Waals surface area contributed by atoms with Crippen LogP contribution in [0, 0.1) is 0 Å². The molecule has 6 atom stereocenters. The number of hydrogen-bond donors (Lipinski definition) is 5. The first-order valence-corrected chi connectivity index (χ1v) is 14.0. The molecule has 0 saturated carbocycles.